The number of pyridine rings is 1. The van der Waals surface area contributed by atoms with Crippen molar-refractivity contribution >= 4 is 41.1 Å². The first-order valence-electron chi connectivity index (χ1n) is 12.4. The molecule has 10 nitrogen and oxygen atoms in total. The Hall–Kier alpha value is -3.41. The predicted octanol–water partition coefficient (Wildman–Crippen LogP) is 5.91. The van der Waals surface area contributed by atoms with Crippen LogP contribution < -0.4 is 15.4 Å². The number of ether oxygens (including phenoxy) is 3. The van der Waals surface area contributed by atoms with Crippen molar-refractivity contribution in [2.24, 2.45) is 0 Å². The van der Waals surface area contributed by atoms with Crippen LogP contribution in [-0.2, 0) is 14.3 Å². The average molecular weight is 580 g/mol. The van der Waals surface area contributed by atoms with Crippen LogP contribution in [0.1, 0.15) is 50.8 Å². The molecule has 3 heterocycles. The second-order valence-electron chi connectivity index (χ2n) is 8.82. The van der Waals surface area contributed by atoms with Crippen LogP contribution in [-0.4, -0.2) is 46.7 Å². The summed E-state index contributed by atoms with van der Waals surface area (Å²) in [6.45, 7) is 4.55. The Bertz CT molecular complexity index is 1330. The molecule has 0 saturated carbocycles. The summed E-state index contributed by atoms with van der Waals surface area (Å²) in [6, 6.07) is 4.51. The van der Waals surface area contributed by atoms with E-state index in [-0.39, 0.29) is 33.6 Å². The van der Waals surface area contributed by atoms with Gasteiger partial charge < -0.3 is 19.5 Å². The number of nitrogens with one attached hydrogen (secondary N) is 2. The molecule has 1 saturated heterocycles. The summed E-state index contributed by atoms with van der Waals surface area (Å²) in [6.07, 6.45) is 5.56. The van der Waals surface area contributed by atoms with Crippen LogP contribution in [0.4, 0.5) is 15.0 Å². The maximum atomic E-state index is 14.2. The molecular weight excluding hydrogens is 552 g/mol. The van der Waals surface area contributed by atoms with Gasteiger partial charge in [0, 0.05) is 40.5 Å². The molecule has 1 aliphatic heterocycles. The molecule has 4 rings (SSSR count). The number of esters is 1. The zero-order chi connectivity index (χ0) is 27.9. The number of nitrogens with zero attached hydrogens (tertiary/aromatic N) is 3. The highest BCUT2D eigenvalue weighted by Crippen LogP contribution is 2.38. The normalized spacial score (nSPS) is 14.5. The molecule has 1 aliphatic rings. The van der Waals surface area contributed by atoms with E-state index in [1.54, 1.807) is 32.3 Å². The van der Waals surface area contributed by atoms with E-state index in [9.17, 15) is 14.0 Å². The third-order valence-corrected chi connectivity index (χ3v) is 6.89. The summed E-state index contributed by atoms with van der Waals surface area (Å²) in [5.74, 6) is -0.996. The topological polar surface area (TPSA) is 117 Å². The van der Waals surface area contributed by atoms with Crippen molar-refractivity contribution in [2.75, 3.05) is 25.2 Å². The number of aromatic nitrogens is 3. The lowest BCUT2D eigenvalue weighted by atomic mass is 10.1. The Morgan fingerprint density at radius 2 is 1.97 bits per heavy atom. The number of benzene rings is 1. The fourth-order valence-electron chi connectivity index (χ4n) is 4.09. The van der Waals surface area contributed by atoms with Gasteiger partial charge in [-0.05, 0) is 51.1 Å². The van der Waals surface area contributed by atoms with Crippen molar-refractivity contribution < 1.29 is 28.2 Å². The van der Waals surface area contributed by atoms with Crippen LogP contribution >= 0.6 is 23.2 Å². The van der Waals surface area contributed by atoms with E-state index in [1.807, 2.05) is 10.9 Å². The van der Waals surface area contributed by atoms with Gasteiger partial charge in [-0.2, -0.15) is 5.10 Å². The molecule has 0 bridgehead atoms. The maximum Gasteiger partial charge on any atom is 0.415 e. The summed E-state index contributed by atoms with van der Waals surface area (Å²) >= 11 is 12.5. The largest absolute Gasteiger partial charge is 0.482 e. The second-order valence-corrected chi connectivity index (χ2v) is 9.61. The molecule has 1 aromatic carbocycles. The third-order valence-electron chi connectivity index (χ3n) is 6.18. The second kappa shape index (κ2) is 13.1. The van der Waals surface area contributed by atoms with Gasteiger partial charge in [0.15, 0.2) is 11.6 Å². The molecule has 0 spiro atoms. The van der Waals surface area contributed by atoms with Gasteiger partial charge >= 0.3 is 12.1 Å². The molecule has 2 aromatic heterocycles. The smallest absolute Gasteiger partial charge is 0.415 e. The predicted molar refractivity (Wildman–Crippen MR) is 143 cm³/mol. The van der Waals surface area contributed by atoms with E-state index < -0.39 is 30.8 Å². The highest BCUT2D eigenvalue weighted by Gasteiger charge is 2.22. The van der Waals surface area contributed by atoms with Crippen LogP contribution in [0.5, 0.6) is 5.75 Å². The summed E-state index contributed by atoms with van der Waals surface area (Å²) in [4.78, 5) is 28.0. The fraction of sp³-hybridized carbons (Fsp3) is 0.385. The van der Waals surface area contributed by atoms with Gasteiger partial charge in [0.25, 0.3) is 0 Å². The number of carbonyl (C=O) groups excluding carboxylic acids is 2. The van der Waals surface area contributed by atoms with Crippen LogP contribution in [0.3, 0.4) is 0 Å². The first-order valence-corrected chi connectivity index (χ1v) is 13.2. The SMILES string of the molecule is CCC(=O)OCOC(=O)Nc1ncc(-c2cnn(C3CCNCC3)c2)cc1O[C@H](C)c1c(Cl)ccc(F)c1Cl. The Morgan fingerprint density at radius 1 is 1.21 bits per heavy atom. The van der Waals surface area contributed by atoms with Gasteiger partial charge in [0.1, 0.15) is 11.9 Å². The molecule has 1 amide bonds. The average Bonchev–Trinajstić information content (AvgIpc) is 3.43. The van der Waals surface area contributed by atoms with Crippen molar-refractivity contribution in [1.82, 2.24) is 20.1 Å². The molecule has 1 fully saturated rings. The van der Waals surface area contributed by atoms with Gasteiger partial charge in [0.05, 0.1) is 17.3 Å². The van der Waals surface area contributed by atoms with E-state index >= 15 is 0 Å². The van der Waals surface area contributed by atoms with E-state index in [0.29, 0.717) is 11.6 Å². The van der Waals surface area contributed by atoms with E-state index in [4.69, 9.17) is 37.4 Å². The van der Waals surface area contributed by atoms with Crippen molar-refractivity contribution in [3.05, 3.63) is 58.2 Å². The molecule has 1 atom stereocenters. The number of amides is 1. The molecule has 39 heavy (non-hydrogen) atoms. The molecule has 0 radical (unpaired) electrons. The van der Waals surface area contributed by atoms with Crippen molar-refractivity contribution in [3.63, 3.8) is 0 Å². The monoisotopic (exact) mass is 579 g/mol. The number of rotatable bonds is 9. The number of carbonyl (C=O) groups is 2. The molecule has 2 N–H and O–H groups in total. The lowest BCUT2D eigenvalue weighted by Gasteiger charge is -2.22. The fourth-order valence-corrected chi connectivity index (χ4v) is 4.77. The summed E-state index contributed by atoms with van der Waals surface area (Å²) in [7, 11) is 0. The Morgan fingerprint density at radius 3 is 2.72 bits per heavy atom. The van der Waals surface area contributed by atoms with Gasteiger partial charge in [-0.3, -0.25) is 14.8 Å². The first-order chi connectivity index (χ1) is 18.8. The minimum atomic E-state index is -0.919. The number of piperidine rings is 1. The van der Waals surface area contributed by atoms with Crippen molar-refractivity contribution in [2.45, 2.75) is 45.3 Å². The Kier molecular flexibility index (Phi) is 9.60. The zero-order valence-corrected chi connectivity index (χ0v) is 22.9. The Labute approximate surface area is 234 Å². The van der Waals surface area contributed by atoms with Crippen LogP contribution in [0, 0.1) is 5.82 Å². The molecule has 208 valence electrons. The minimum absolute atomic E-state index is 0.0202. The molecular formula is C26H28Cl2FN5O5. The van der Waals surface area contributed by atoms with Crippen molar-refractivity contribution in [3.8, 4) is 16.9 Å². The third kappa shape index (κ3) is 7.17. The van der Waals surface area contributed by atoms with E-state index in [1.165, 1.54) is 6.07 Å². The number of halogens is 3. The van der Waals surface area contributed by atoms with Gasteiger partial charge in [0.2, 0.25) is 6.79 Å². The summed E-state index contributed by atoms with van der Waals surface area (Å²) in [5.41, 5.74) is 1.70. The van der Waals surface area contributed by atoms with E-state index in [0.717, 1.165) is 37.6 Å². The molecule has 0 aliphatic carbocycles. The Balaban J connectivity index is 1.60. The van der Waals surface area contributed by atoms with Crippen LogP contribution in [0.15, 0.2) is 36.8 Å². The first kappa shape index (κ1) is 28.6. The maximum absolute atomic E-state index is 14.2. The van der Waals surface area contributed by atoms with Crippen molar-refractivity contribution in [1.29, 1.82) is 0 Å². The summed E-state index contributed by atoms with van der Waals surface area (Å²) in [5, 5.41) is 10.4. The zero-order valence-electron chi connectivity index (χ0n) is 21.4. The summed E-state index contributed by atoms with van der Waals surface area (Å²) < 4.78 is 31.9. The number of hydrogen-bond donors (Lipinski definition) is 2. The van der Waals surface area contributed by atoms with Crippen LogP contribution in [0.2, 0.25) is 10.0 Å². The standard InChI is InChI=1S/C26H28Cl2FN5O5/c1-3-22(35)37-14-38-26(36)33-25-21(39-15(2)23-19(27)4-5-20(29)24(23)28)10-16(11-31-25)17-12-32-34(13-17)18-6-8-30-9-7-18/h4-5,10-13,15,18,30H,3,6-9,14H2,1-2H3,(H,31,33,36)/t15-/m1/s1. The minimum Gasteiger partial charge on any atom is -0.482 e. The highest BCUT2D eigenvalue weighted by atomic mass is 35.5. The molecule has 0 unspecified atom stereocenters. The molecule has 3 aromatic rings. The highest BCUT2D eigenvalue weighted by molar-refractivity contribution is 6.36. The lowest BCUT2D eigenvalue weighted by molar-refractivity contribution is -0.151. The van der Waals surface area contributed by atoms with Gasteiger partial charge in [-0.15, -0.1) is 0 Å². The van der Waals surface area contributed by atoms with Gasteiger partial charge in [-0.25, -0.2) is 14.2 Å². The van der Waals surface area contributed by atoms with E-state index in [2.05, 4.69) is 20.7 Å². The number of anilines is 1. The lowest BCUT2D eigenvalue weighted by Crippen LogP contribution is -2.29. The number of hydrogen-bond acceptors (Lipinski definition) is 8. The van der Waals surface area contributed by atoms with Gasteiger partial charge in [-0.1, -0.05) is 30.1 Å². The quantitative estimate of drug-likeness (QED) is 0.182. The molecule has 13 heteroatoms. The van der Waals surface area contributed by atoms with Crippen LogP contribution in [0.25, 0.3) is 11.1 Å².